The number of rotatable bonds is 3. The van der Waals surface area contributed by atoms with Crippen molar-refractivity contribution in [2.45, 2.75) is 112 Å². The van der Waals surface area contributed by atoms with Crippen LogP contribution in [0.1, 0.15) is 88.5 Å². The van der Waals surface area contributed by atoms with Crippen LogP contribution in [-0.2, 0) is 14.9 Å². The fourth-order valence-electron chi connectivity index (χ4n) is 2.16. The van der Waals surface area contributed by atoms with E-state index < -0.39 is 15.6 Å². The van der Waals surface area contributed by atoms with Gasteiger partial charge in [-0.1, -0.05) is 39.3 Å². The van der Waals surface area contributed by atoms with Gasteiger partial charge < -0.3 is 9.84 Å². The third-order valence-corrected chi connectivity index (χ3v) is 6.01. The minimum Gasteiger partial charge on any atom is -0.393 e. The van der Waals surface area contributed by atoms with E-state index in [0.717, 1.165) is 6.42 Å². The van der Waals surface area contributed by atoms with Gasteiger partial charge in [0.1, 0.15) is 0 Å². The SMILES string of the molecule is CC(C)=CCC(C)(C)C(C)O.CC1OC(C)(C)CCC1(C)C.O=S(=O)(O)C(F)(F)F. The van der Waals surface area contributed by atoms with Crippen LogP contribution < -0.4 is 0 Å². The fourth-order valence-corrected chi connectivity index (χ4v) is 2.16. The molecule has 0 aromatic carbocycles. The zero-order valence-corrected chi connectivity index (χ0v) is 20.8. The van der Waals surface area contributed by atoms with Crippen LogP contribution in [0.15, 0.2) is 11.6 Å². The van der Waals surface area contributed by atoms with E-state index in [2.05, 4.69) is 68.4 Å². The van der Waals surface area contributed by atoms with Gasteiger partial charge in [0.05, 0.1) is 17.8 Å². The predicted octanol–water partition coefficient (Wildman–Crippen LogP) is 6.13. The second-order valence-corrected chi connectivity index (χ2v) is 11.5. The summed E-state index contributed by atoms with van der Waals surface area (Å²) in [7, 11) is -5.84. The van der Waals surface area contributed by atoms with Crippen molar-refractivity contribution in [2.24, 2.45) is 10.8 Å². The van der Waals surface area contributed by atoms with E-state index in [4.69, 9.17) is 17.7 Å². The summed E-state index contributed by atoms with van der Waals surface area (Å²) in [6.45, 7) is 21.3. The third kappa shape index (κ3) is 12.9. The van der Waals surface area contributed by atoms with Crippen LogP contribution in [0.3, 0.4) is 0 Å². The quantitative estimate of drug-likeness (QED) is 0.299. The first-order valence-electron chi connectivity index (χ1n) is 9.97. The highest BCUT2D eigenvalue weighted by molar-refractivity contribution is 7.86. The topological polar surface area (TPSA) is 83.8 Å². The Bertz CT molecular complexity index is 644. The first-order chi connectivity index (χ1) is 12.9. The molecule has 5 nitrogen and oxygen atoms in total. The Balaban J connectivity index is 0. The van der Waals surface area contributed by atoms with Crippen LogP contribution in [-0.4, -0.2) is 41.4 Å². The highest BCUT2D eigenvalue weighted by Gasteiger charge is 2.44. The molecule has 9 heteroatoms. The summed E-state index contributed by atoms with van der Waals surface area (Å²) in [5, 5.41) is 9.36. The molecule has 0 radical (unpaired) electrons. The summed E-state index contributed by atoms with van der Waals surface area (Å²) in [4.78, 5) is 0. The molecule has 1 aliphatic heterocycles. The van der Waals surface area contributed by atoms with Gasteiger partial charge in [0.2, 0.25) is 0 Å². The molecule has 2 unspecified atom stereocenters. The number of halogens is 3. The lowest BCUT2D eigenvalue weighted by molar-refractivity contribution is -0.153. The molecule has 30 heavy (non-hydrogen) atoms. The minimum atomic E-state index is -5.84. The number of hydrogen-bond donors (Lipinski definition) is 2. The Morgan fingerprint density at radius 1 is 1.17 bits per heavy atom. The van der Waals surface area contributed by atoms with E-state index in [9.17, 15) is 18.3 Å². The maximum absolute atomic E-state index is 10.7. The van der Waals surface area contributed by atoms with Crippen LogP contribution >= 0.6 is 0 Å². The first kappa shape index (κ1) is 31.5. The van der Waals surface area contributed by atoms with Crippen molar-refractivity contribution in [3.63, 3.8) is 0 Å². The molecule has 0 saturated carbocycles. The summed E-state index contributed by atoms with van der Waals surface area (Å²) < 4.78 is 63.4. The molecule has 1 rings (SSSR count). The molecule has 2 atom stereocenters. The van der Waals surface area contributed by atoms with E-state index in [-0.39, 0.29) is 17.1 Å². The van der Waals surface area contributed by atoms with Gasteiger partial charge in [-0.3, -0.25) is 4.55 Å². The molecule has 1 heterocycles. The Labute approximate surface area is 180 Å². The van der Waals surface area contributed by atoms with Crippen molar-refractivity contribution >= 4 is 10.1 Å². The second kappa shape index (κ2) is 11.3. The molecule has 1 fully saturated rings. The number of allylic oxidation sites excluding steroid dienone is 2. The van der Waals surface area contributed by atoms with Gasteiger partial charge >= 0.3 is 15.6 Å². The maximum atomic E-state index is 10.7. The molecule has 0 aromatic heterocycles. The van der Waals surface area contributed by atoms with E-state index in [1.54, 1.807) is 0 Å². The fraction of sp³-hybridized carbons (Fsp3) is 0.905. The number of aliphatic hydroxyl groups excluding tert-OH is 1. The van der Waals surface area contributed by atoms with Gasteiger partial charge in [-0.2, -0.15) is 21.6 Å². The molecule has 0 bridgehead atoms. The first-order valence-corrected chi connectivity index (χ1v) is 11.4. The molecular weight excluding hydrogens is 421 g/mol. The van der Waals surface area contributed by atoms with Gasteiger partial charge in [-0.25, -0.2) is 0 Å². The lowest BCUT2D eigenvalue weighted by atomic mass is 9.77. The molecule has 182 valence electrons. The number of aliphatic hydroxyl groups is 1. The normalized spacial score (nSPS) is 21.9. The van der Waals surface area contributed by atoms with Gasteiger partial charge in [-0.05, 0) is 71.6 Å². The summed E-state index contributed by atoms with van der Waals surface area (Å²) in [5.74, 6) is 0. The largest absolute Gasteiger partial charge is 0.522 e. The predicted molar refractivity (Wildman–Crippen MR) is 115 cm³/mol. The Morgan fingerprint density at radius 2 is 1.57 bits per heavy atom. The highest BCUT2D eigenvalue weighted by Crippen LogP contribution is 2.39. The lowest BCUT2D eigenvalue weighted by Crippen LogP contribution is -2.43. The van der Waals surface area contributed by atoms with Gasteiger partial charge in [-0.15, -0.1) is 0 Å². The van der Waals surface area contributed by atoms with Crippen molar-refractivity contribution in [1.29, 1.82) is 0 Å². The van der Waals surface area contributed by atoms with Crippen LogP contribution in [0.2, 0.25) is 0 Å². The smallest absolute Gasteiger partial charge is 0.393 e. The summed E-state index contributed by atoms with van der Waals surface area (Å²) in [6.07, 6.45) is 5.75. The minimum absolute atomic E-state index is 0.0112. The van der Waals surface area contributed by atoms with E-state index in [1.807, 2.05) is 6.92 Å². The molecular formula is C21H41F3O5S. The van der Waals surface area contributed by atoms with Crippen molar-refractivity contribution in [3.8, 4) is 0 Å². The third-order valence-electron chi connectivity index (χ3n) is 5.43. The summed E-state index contributed by atoms with van der Waals surface area (Å²) in [6, 6.07) is 0. The van der Waals surface area contributed by atoms with E-state index in [1.165, 1.54) is 18.4 Å². The van der Waals surface area contributed by atoms with Crippen molar-refractivity contribution in [3.05, 3.63) is 11.6 Å². The van der Waals surface area contributed by atoms with Crippen LogP contribution in [0.25, 0.3) is 0 Å². The standard InChI is InChI=1S/2C10H20O.CHF3O3S/c1-8-9(2,3)6-7-10(4,5)11-8;1-8(2)6-7-10(4,5)9(3)11;2-1(3,4)8(5,6)7/h8H,6-7H2,1-5H3;6,9,11H,7H2,1-5H3;(H,5,6,7). The Kier molecular flexibility index (Phi) is 11.9. The number of hydrogen-bond acceptors (Lipinski definition) is 4. The summed E-state index contributed by atoms with van der Waals surface area (Å²) in [5.41, 5.74) is -3.73. The average Bonchev–Trinajstić information content (AvgIpc) is 2.49. The molecule has 1 aliphatic rings. The molecule has 0 spiro atoms. The maximum Gasteiger partial charge on any atom is 0.522 e. The number of ether oxygens (including phenoxy) is 1. The van der Waals surface area contributed by atoms with Crippen LogP contribution in [0.4, 0.5) is 13.2 Å². The Morgan fingerprint density at radius 3 is 1.80 bits per heavy atom. The molecule has 2 N–H and O–H groups in total. The molecule has 0 aliphatic carbocycles. The average molecular weight is 463 g/mol. The van der Waals surface area contributed by atoms with Gasteiger partial charge in [0.15, 0.2) is 0 Å². The zero-order chi connectivity index (χ0) is 24.8. The molecule has 0 aromatic rings. The zero-order valence-electron chi connectivity index (χ0n) is 20.0. The van der Waals surface area contributed by atoms with Gasteiger partial charge in [0, 0.05) is 0 Å². The molecule has 1 saturated heterocycles. The highest BCUT2D eigenvalue weighted by atomic mass is 32.2. The lowest BCUT2D eigenvalue weighted by Gasteiger charge is -2.44. The van der Waals surface area contributed by atoms with E-state index >= 15 is 0 Å². The van der Waals surface area contributed by atoms with Gasteiger partial charge in [0.25, 0.3) is 0 Å². The van der Waals surface area contributed by atoms with E-state index in [0.29, 0.717) is 11.5 Å². The Hall–Kier alpha value is -0.640. The molecule has 0 amide bonds. The van der Waals surface area contributed by atoms with Crippen LogP contribution in [0, 0.1) is 10.8 Å². The van der Waals surface area contributed by atoms with Crippen molar-refractivity contribution in [2.75, 3.05) is 0 Å². The summed E-state index contributed by atoms with van der Waals surface area (Å²) >= 11 is 0. The van der Waals surface area contributed by atoms with Crippen molar-refractivity contribution < 1.29 is 36.0 Å². The second-order valence-electron chi connectivity index (χ2n) is 10.1. The van der Waals surface area contributed by atoms with Crippen LogP contribution in [0.5, 0.6) is 0 Å². The van der Waals surface area contributed by atoms with Crippen molar-refractivity contribution in [1.82, 2.24) is 0 Å². The monoisotopic (exact) mass is 462 g/mol. The number of alkyl halides is 3.